The molecule has 0 radical (unpaired) electrons. The monoisotopic (exact) mass is 415 g/mol. The number of amides is 1. The first-order valence-electron chi connectivity index (χ1n) is 9.09. The summed E-state index contributed by atoms with van der Waals surface area (Å²) < 4.78 is 36.7. The van der Waals surface area contributed by atoms with Crippen LogP contribution in [0, 0.1) is 13.8 Å². The Balaban J connectivity index is 1.66. The van der Waals surface area contributed by atoms with Gasteiger partial charge in [0, 0.05) is 28.8 Å². The Hall–Kier alpha value is -3.62. The number of aryl methyl sites for hydroxylation is 2. The first-order valence-corrected chi connectivity index (χ1v) is 9.09. The smallest absolute Gasteiger partial charge is 0.340 e. The molecule has 3 N–H and O–H groups in total. The van der Waals surface area contributed by atoms with Gasteiger partial charge in [0.2, 0.25) is 11.9 Å². The van der Waals surface area contributed by atoms with Crippen LogP contribution in [0.25, 0.3) is 0 Å². The SMILES string of the molecule is Cc1ccc(Nc2nc(C)cc(Nc3ccc(NC(=O)CC(F)(F)F)cc3)n2)cc1. The van der Waals surface area contributed by atoms with Crippen molar-refractivity contribution in [3.63, 3.8) is 0 Å². The maximum Gasteiger partial charge on any atom is 0.397 e. The quantitative estimate of drug-likeness (QED) is 0.497. The molecule has 1 amide bonds. The van der Waals surface area contributed by atoms with Crippen LogP contribution in [0.1, 0.15) is 17.7 Å². The molecule has 30 heavy (non-hydrogen) atoms. The highest BCUT2D eigenvalue weighted by molar-refractivity contribution is 5.91. The Morgan fingerprint density at radius 2 is 1.43 bits per heavy atom. The van der Waals surface area contributed by atoms with Gasteiger partial charge >= 0.3 is 6.18 Å². The molecular weight excluding hydrogens is 395 g/mol. The van der Waals surface area contributed by atoms with Gasteiger partial charge < -0.3 is 16.0 Å². The van der Waals surface area contributed by atoms with E-state index >= 15 is 0 Å². The van der Waals surface area contributed by atoms with Gasteiger partial charge in [0.05, 0.1) is 0 Å². The Labute approximate surface area is 171 Å². The van der Waals surface area contributed by atoms with E-state index in [1.54, 1.807) is 18.2 Å². The summed E-state index contributed by atoms with van der Waals surface area (Å²) in [7, 11) is 0. The fourth-order valence-corrected chi connectivity index (χ4v) is 2.63. The molecule has 0 aliphatic carbocycles. The minimum absolute atomic E-state index is 0.274. The predicted octanol–water partition coefficient (Wildman–Crippen LogP) is 5.47. The Bertz CT molecular complexity index is 1020. The zero-order chi connectivity index (χ0) is 21.7. The number of halogens is 3. The maximum absolute atomic E-state index is 12.2. The summed E-state index contributed by atoms with van der Waals surface area (Å²) >= 11 is 0. The van der Waals surface area contributed by atoms with Gasteiger partial charge in [-0.2, -0.15) is 18.2 Å². The Kier molecular flexibility index (Phi) is 6.20. The molecule has 0 fully saturated rings. The number of anilines is 5. The third kappa shape index (κ3) is 6.47. The van der Waals surface area contributed by atoms with Crippen LogP contribution in [0.2, 0.25) is 0 Å². The van der Waals surface area contributed by atoms with Crippen LogP contribution < -0.4 is 16.0 Å². The number of carbonyl (C=O) groups is 1. The van der Waals surface area contributed by atoms with Crippen LogP contribution in [-0.4, -0.2) is 22.1 Å². The number of aromatic nitrogens is 2. The lowest BCUT2D eigenvalue weighted by Gasteiger charge is -2.11. The third-order valence-corrected chi connectivity index (χ3v) is 3.96. The third-order valence-electron chi connectivity index (χ3n) is 3.96. The summed E-state index contributed by atoms with van der Waals surface area (Å²) in [5.41, 5.74) is 3.68. The van der Waals surface area contributed by atoms with Crippen molar-refractivity contribution in [1.82, 2.24) is 9.97 Å². The second kappa shape index (κ2) is 8.81. The Morgan fingerprint density at radius 1 is 0.867 bits per heavy atom. The van der Waals surface area contributed by atoms with E-state index in [4.69, 9.17) is 0 Å². The van der Waals surface area contributed by atoms with Crippen LogP contribution in [-0.2, 0) is 4.79 Å². The van der Waals surface area contributed by atoms with Crippen molar-refractivity contribution >= 4 is 34.7 Å². The number of nitrogens with zero attached hydrogens (tertiary/aromatic N) is 2. The van der Waals surface area contributed by atoms with Gasteiger partial charge in [0.15, 0.2) is 0 Å². The number of nitrogens with one attached hydrogen (secondary N) is 3. The molecule has 9 heteroatoms. The molecule has 0 spiro atoms. The summed E-state index contributed by atoms with van der Waals surface area (Å²) in [5.74, 6) is -0.134. The highest BCUT2D eigenvalue weighted by atomic mass is 19.4. The molecule has 0 aliphatic rings. The maximum atomic E-state index is 12.2. The highest BCUT2D eigenvalue weighted by Gasteiger charge is 2.31. The van der Waals surface area contributed by atoms with E-state index in [1.807, 2.05) is 38.1 Å². The minimum atomic E-state index is -4.54. The van der Waals surface area contributed by atoms with Crippen LogP contribution in [0.4, 0.5) is 42.0 Å². The van der Waals surface area contributed by atoms with Gasteiger partial charge in [-0.05, 0) is 50.2 Å². The molecule has 0 saturated carbocycles. The van der Waals surface area contributed by atoms with Crippen LogP contribution >= 0.6 is 0 Å². The second-order valence-electron chi connectivity index (χ2n) is 6.75. The van der Waals surface area contributed by atoms with E-state index in [9.17, 15) is 18.0 Å². The average molecular weight is 415 g/mol. The first kappa shape index (κ1) is 21.1. The van der Waals surface area contributed by atoms with Crippen molar-refractivity contribution < 1.29 is 18.0 Å². The van der Waals surface area contributed by atoms with Crippen molar-refractivity contribution in [2.24, 2.45) is 0 Å². The molecule has 0 bridgehead atoms. The molecule has 3 rings (SSSR count). The van der Waals surface area contributed by atoms with Gasteiger partial charge in [-0.1, -0.05) is 17.7 Å². The van der Waals surface area contributed by atoms with Crippen molar-refractivity contribution in [2.75, 3.05) is 16.0 Å². The fraction of sp³-hybridized carbons (Fsp3) is 0.190. The average Bonchev–Trinajstić information content (AvgIpc) is 2.63. The number of hydrogen-bond donors (Lipinski definition) is 3. The summed E-state index contributed by atoms with van der Waals surface area (Å²) in [5, 5.41) is 8.48. The van der Waals surface area contributed by atoms with E-state index in [2.05, 4.69) is 25.9 Å². The van der Waals surface area contributed by atoms with Gasteiger partial charge in [-0.25, -0.2) is 4.98 Å². The van der Waals surface area contributed by atoms with Crippen molar-refractivity contribution in [3.8, 4) is 0 Å². The molecule has 0 unspecified atom stereocenters. The molecule has 0 saturated heterocycles. The van der Waals surface area contributed by atoms with E-state index in [0.717, 1.165) is 16.9 Å². The number of carbonyl (C=O) groups excluding carboxylic acids is 1. The molecule has 1 aromatic heterocycles. The topological polar surface area (TPSA) is 78.9 Å². The zero-order valence-electron chi connectivity index (χ0n) is 16.3. The van der Waals surface area contributed by atoms with Crippen LogP contribution in [0.5, 0.6) is 0 Å². The molecule has 0 atom stereocenters. The zero-order valence-corrected chi connectivity index (χ0v) is 16.3. The molecule has 2 aromatic carbocycles. The predicted molar refractivity (Wildman–Crippen MR) is 110 cm³/mol. The second-order valence-corrected chi connectivity index (χ2v) is 6.75. The van der Waals surface area contributed by atoms with E-state index in [0.29, 0.717) is 17.5 Å². The number of benzene rings is 2. The summed E-state index contributed by atoms with van der Waals surface area (Å²) in [6.45, 7) is 3.84. The van der Waals surface area contributed by atoms with Crippen molar-refractivity contribution in [1.29, 1.82) is 0 Å². The first-order chi connectivity index (χ1) is 14.2. The lowest BCUT2D eigenvalue weighted by molar-refractivity contribution is -0.150. The number of rotatable bonds is 6. The van der Waals surface area contributed by atoms with E-state index in [-0.39, 0.29) is 5.69 Å². The number of alkyl halides is 3. The van der Waals surface area contributed by atoms with Gasteiger partial charge in [0.1, 0.15) is 12.2 Å². The Morgan fingerprint density at radius 3 is 2.07 bits per heavy atom. The minimum Gasteiger partial charge on any atom is -0.340 e. The molecule has 156 valence electrons. The van der Waals surface area contributed by atoms with Gasteiger partial charge in [-0.15, -0.1) is 0 Å². The van der Waals surface area contributed by atoms with Crippen molar-refractivity contribution in [3.05, 3.63) is 65.9 Å². The number of hydrogen-bond acceptors (Lipinski definition) is 5. The summed E-state index contributed by atoms with van der Waals surface area (Å²) in [6, 6.07) is 15.9. The fourth-order valence-electron chi connectivity index (χ4n) is 2.63. The molecular formula is C21H20F3N5O. The van der Waals surface area contributed by atoms with Crippen molar-refractivity contribution in [2.45, 2.75) is 26.4 Å². The van der Waals surface area contributed by atoms with Crippen LogP contribution in [0.3, 0.4) is 0 Å². The molecule has 6 nitrogen and oxygen atoms in total. The van der Waals surface area contributed by atoms with Gasteiger partial charge in [-0.3, -0.25) is 4.79 Å². The molecule has 3 aromatic rings. The summed E-state index contributed by atoms with van der Waals surface area (Å²) in [4.78, 5) is 20.2. The van der Waals surface area contributed by atoms with Crippen LogP contribution in [0.15, 0.2) is 54.6 Å². The van der Waals surface area contributed by atoms with E-state index in [1.165, 1.54) is 12.1 Å². The standard InChI is InChI=1S/C21H20F3N5O/c1-13-3-5-17(6-4-13)28-20-25-14(2)11-18(29-20)26-15-7-9-16(10-8-15)27-19(30)12-21(22,23)24/h3-11H,12H2,1-2H3,(H,27,30)(H2,25,26,28,29). The normalized spacial score (nSPS) is 11.1. The lowest BCUT2D eigenvalue weighted by Crippen LogP contribution is -2.21. The largest absolute Gasteiger partial charge is 0.397 e. The van der Waals surface area contributed by atoms with E-state index < -0.39 is 18.5 Å². The highest BCUT2D eigenvalue weighted by Crippen LogP contribution is 2.23. The summed E-state index contributed by atoms with van der Waals surface area (Å²) in [6.07, 6.45) is -6.06. The lowest BCUT2D eigenvalue weighted by atomic mass is 10.2. The van der Waals surface area contributed by atoms with Gasteiger partial charge in [0.25, 0.3) is 0 Å². The molecule has 0 aliphatic heterocycles. The molecule has 1 heterocycles.